The Morgan fingerprint density at radius 2 is 1.61 bits per heavy atom. The van der Waals surface area contributed by atoms with Gasteiger partial charge in [-0.3, -0.25) is 0 Å². The lowest BCUT2D eigenvalue weighted by Gasteiger charge is -2.28. The van der Waals surface area contributed by atoms with E-state index in [4.69, 9.17) is 23.2 Å². The van der Waals surface area contributed by atoms with E-state index in [0.717, 1.165) is 28.0 Å². The summed E-state index contributed by atoms with van der Waals surface area (Å²) in [4.78, 5) is 0. The standard InChI is InChI=1S/C14H12Cl2N2/c15-10-3-1-9(2-4-10)14-8-17-12-6-5-11(16)7-13(12)18-14/h1-7,14,17-18H,8H2. The number of halogens is 2. The maximum absolute atomic E-state index is 6.01. The summed E-state index contributed by atoms with van der Waals surface area (Å²) in [5.74, 6) is 0. The maximum Gasteiger partial charge on any atom is 0.0687 e. The number of rotatable bonds is 1. The van der Waals surface area contributed by atoms with Crippen molar-refractivity contribution in [3.63, 3.8) is 0 Å². The van der Waals surface area contributed by atoms with E-state index in [2.05, 4.69) is 10.6 Å². The Hall–Kier alpha value is -1.38. The van der Waals surface area contributed by atoms with Gasteiger partial charge in [0.05, 0.1) is 17.4 Å². The van der Waals surface area contributed by atoms with Crippen LogP contribution in [-0.2, 0) is 0 Å². The van der Waals surface area contributed by atoms with Gasteiger partial charge in [0.2, 0.25) is 0 Å². The third-order valence-electron chi connectivity index (χ3n) is 3.08. The minimum absolute atomic E-state index is 0.230. The molecule has 2 aromatic rings. The number of hydrogen-bond donors (Lipinski definition) is 2. The third-order valence-corrected chi connectivity index (χ3v) is 3.57. The first-order valence-corrected chi connectivity index (χ1v) is 6.53. The molecule has 1 aliphatic rings. The van der Waals surface area contributed by atoms with Crippen LogP contribution in [0.3, 0.4) is 0 Å². The second-order valence-corrected chi connectivity index (χ2v) is 5.19. The van der Waals surface area contributed by atoms with E-state index in [9.17, 15) is 0 Å². The van der Waals surface area contributed by atoms with Gasteiger partial charge < -0.3 is 10.6 Å². The zero-order valence-corrected chi connectivity index (χ0v) is 11.1. The molecule has 1 aliphatic heterocycles. The molecule has 0 fully saturated rings. The summed E-state index contributed by atoms with van der Waals surface area (Å²) in [5, 5.41) is 8.37. The number of anilines is 2. The van der Waals surface area contributed by atoms with Crippen LogP contribution < -0.4 is 10.6 Å². The molecule has 0 radical (unpaired) electrons. The minimum Gasteiger partial charge on any atom is -0.381 e. The molecule has 0 saturated heterocycles. The number of nitrogens with one attached hydrogen (secondary N) is 2. The first-order valence-electron chi connectivity index (χ1n) is 5.78. The van der Waals surface area contributed by atoms with Crippen molar-refractivity contribution in [3.8, 4) is 0 Å². The van der Waals surface area contributed by atoms with Crippen molar-refractivity contribution < 1.29 is 0 Å². The van der Waals surface area contributed by atoms with Crippen molar-refractivity contribution in [3.05, 3.63) is 58.1 Å². The highest BCUT2D eigenvalue weighted by Crippen LogP contribution is 2.33. The molecule has 2 nitrogen and oxygen atoms in total. The summed E-state index contributed by atoms with van der Waals surface area (Å²) in [7, 11) is 0. The minimum atomic E-state index is 0.230. The van der Waals surface area contributed by atoms with Crippen LogP contribution in [0.15, 0.2) is 42.5 Å². The van der Waals surface area contributed by atoms with Crippen LogP contribution in [0.1, 0.15) is 11.6 Å². The predicted molar refractivity (Wildman–Crippen MR) is 77.8 cm³/mol. The average molecular weight is 279 g/mol. The zero-order chi connectivity index (χ0) is 12.5. The quantitative estimate of drug-likeness (QED) is 0.798. The van der Waals surface area contributed by atoms with Crippen molar-refractivity contribution >= 4 is 34.6 Å². The van der Waals surface area contributed by atoms with E-state index in [1.165, 1.54) is 5.56 Å². The first-order chi connectivity index (χ1) is 8.72. The zero-order valence-electron chi connectivity index (χ0n) is 9.58. The second kappa shape index (κ2) is 4.71. The van der Waals surface area contributed by atoms with Crippen LogP contribution >= 0.6 is 23.2 Å². The van der Waals surface area contributed by atoms with Crippen LogP contribution in [0, 0.1) is 0 Å². The van der Waals surface area contributed by atoms with Gasteiger partial charge in [-0.2, -0.15) is 0 Å². The van der Waals surface area contributed by atoms with Crippen molar-refractivity contribution in [2.45, 2.75) is 6.04 Å². The Kier molecular flexibility index (Phi) is 3.06. The van der Waals surface area contributed by atoms with Gasteiger partial charge in [0.1, 0.15) is 0 Å². The van der Waals surface area contributed by atoms with Crippen LogP contribution in [0.4, 0.5) is 11.4 Å². The smallest absolute Gasteiger partial charge is 0.0687 e. The molecule has 0 saturated carbocycles. The SMILES string of the molecule is Clc1ccc(C2CNc3ccc(Cl)cc3N2)cc1. The van der Waals surface area contributed by atoms with Crippen molar-refractivity contribution in [1.29, 1.82) is 0 Å². The van der Waals surface area contributed by atoms with Crippen LogP contribution in [0.25, 0.3) is 0 Å². The van der Waals surface area contributed by atoms with Crippen molar-refractivity contribution in [2.24, 2.45) is 0 Å². The Morgan fingerprint density at radius 3 is 2.39 bits per heavy atom. The highest BCUT2D eigenvalue weighted by Gasteiger charge is 2.18. The number of hydrogen-bond acceptors (Lipinski definition) is 2. The molecule has 4 heteroatoms. The van der Waals surface area contributed by atoms with E-state index < -0.39 is 0 Å². The fourth-order valence-corrected chi connectivity index (χ4v) is 2.44. The fraction of sp³-hybridized carbons (Fsp3) is 0.143. The van der Waals surface area contributed by atoms with Crippen molar-refractivity contribution in [1.82, 2.24) is 0 Å². The molecular weight excluding hydrogens is 267 g/mol. The molecule has 1 unspecified atom stereocenters. The molecule has 0 spiro atoms. The van der Waals surface area contributed by atoms with Gasteiger partial charge in [0.25, 0.3) is 0 Å². The van der Waals surface area contributed by atoms with Gasteiger partial charge in [0.15, 0.2) is 0 Å². The summed E-state index contributed by atoms with van der Waals surface area (Å²) >= 11 is 11.9. The molecule has 92 valence electrons. The fourth-order valence-electron chi connectivity index (χ4n) is 2.14. The molecule has 2 N–H and O–H groups in total. The van der Waals surface area contributed by atoms with Gasteiger partial charge in [-0.05, 0) is 35.9 Å². The van der Waals surface area contributed by atoms with E-state index >= 15 is 0 Å². The highest BCUT2D eigenvalue weighted by molar-refractivity contribution is 6.31. The lowest BCUT2D eigenvalue weighted by molar-refractivity contribution is 0.804. The predicted octanol–water partition coefficient (Wildman–Crippen LogP) is 4.57. The normalized spacial score (nSPS) is 17.6. The van der Waals surface area contributed by atoms with E-state index in [1.807, 2.05) is 42.5 Å². The van der Waals surface area contributed by atoms with Crippen LogP contribution in [0.5, 0.6) is 0 Å². The first kappa shape index (κ1) is 11.7. The Morgan fingerprint density at radius 1 is 0.889 bits per heavy atom. The summed E-state index contributed by atoms with van der Waals surface area (Å²) in [5.41, 5.74) is 3.33. The van der Waals surface area contributed by atoms with Gasteiger partial charge in [0, 0.05) is 16.6 Å². The van der Waals surface area contributed by atoms with Gasteiger partial charge in [-0.15, -0.1) is 0 Å². The molecule has 0 amide bonds. The molecular formula is C14H12Cl2N2. The molecule has 1 atom stereocenters. The topological polar surface area (TPSA) is 24.1 Å². The number of fused-ring (bicyclic) bond motifs is 1. The Bertz CT molecular complexity index is 567. The molecule has 2 aromatic carbocycles. The lowest BCUT2D eigenvalue weighted by Crippen LogP contribution is -2.25. The van der Waals surface area contributed by atoms with Crippen molar-refractivity contribution in [2.75, 3.05) is 17.2 Å². The molecule has 0 aliphatic carbocycles. The molecule has 0 aromatic heterocycles. The molecule has 18 heavy (non-hydrogen) atoms. The highest BCUT2D eigenvalue weighted by atomic mass is 35.5. The van der Waals surface area contributed by atoms with Crippen LogP contribution in [0.2, 0.25) is 10.0 Å². The summed E-state index contributed by atoms with van der Waals surface area (Å²) in [6.45, 7) is 0.844. The summed E-state index contributed by atoms with van der Waals surface area (Å²) in [6, 6.07) is 13.9. The number of benzene rings is 2. The molecule has 3 rings (SSSR count). The molecule has 0 bridgehead atoms. The Labute approximate surface area is 116 Å². The van der Waals surface area contributed by atoms with Gasteiger partial charge in [-0.1, -0.05) is 35.3 Å². The summed E-state index contributed by atoms with van der Waals surface area (Å²) in [6.07, 6.45) is 0. The van der Waals surface area contributed by atoms with Gasteiger partial charge in [-0.25, -0.2) is 0 Å². The largest absolute Gasteiger partial charge is 0.381 e. The van der Waals surface area contributed by atoms with E-state index in [1.54, 1.807) is 0 Å². The monoisotopic (exact) mass is 278 g/mol. The molecule has 1 heterocycles. The lowest BCUT2D eigenvalue weighted by atomic mass is 10.0. The average Bonchev–Trinajstić information content (AvgIpc) is 2.38. The summed E-state index contributed by atoms with van der Waals surface area (Å²) < 4.78 is 0. The maximum atomic E-state index is 6.01. The Balaban J connectivity index is 1.88. The second-order valence-electron chi connectivity index (χ2n) is 4.32. The van der Waals surface area contributed by atoms with Crippen LogP contribution in [-0.4, -0.2) is 6.54 Å². The van der Waals surface area contributed by atoms with E-state index in [-0.39, 0.29) is 6.04 Å². The van der Waals surface area contributed by atoms with E-state index in [0.29, 0.717) is 0 Å². The van der Waals surface area contributed by atoms with Gasteiger partial charge >= 0.3 is 0 Å². The third kappa shape index (κ3) is 2.26.